The molecule has 3 nitrogen and oxygen atoms in total. The summed E-state index contributed by atoms with van der Waals surface area (Å²) in [6, 6.07) is 8.31. The van der Waals surface area contributed by atoms with Gasteiger partial charge in [-0.25, -0.2) is 0 Å². The van der Waals surface area contributed by atoms with Crippen LogP contribution in [-0.4, -0.2) is 48.8 Å². The van der Waals surface area contributed by atoms with Crippen molar-refractivity contribution in [1.29, 1.82) is 0 Å². The van der Waals surface area contributed by atoms with Gasteiger partial charge in [0.25, 0.3) is 0 Å². The van der Waals surface area contributed by atoms with E-state index in [0.717, 1.165) is 32.7 Å². The second-order valence-electron chi connectivity index (χ2n) is 5.23. The topological polar surface area (TPSA) is 23.6 Å². The molecule has 3 heteroatoms. The molecule has 0 bridgehead atoms. The Bertz CT molecular complexity index is 410. The van der Waals surface area contributed by atoms with Gasteiger partial charge in [0.15, 0.2) is 0 Å². The van der Waals surface area contributed by atoms with Crippen LogP contribution in [0.4, 0.5) is 0 Å². The Morgan fingerprint density at radius 1 is 0.955 bits per heavy atom. The molecule has 0 spiro atoms. The average Bonchev–Trinajstić information content (AvgIpc) is 2.55. The van der Waals surface area contributed by atoms with Crippen molar-refractivity contribution in [2.75, 3.05) is 33.2 Å². The maximum Gasteiger partial charge on any atom is 0.134 e. The number of likely N-dealkylation sites (N-methyl/N-ethyl adjacent to an activating group) is 1. The fraction of sp³-hybridized carbons (Fsp3) is 0.632. The van der Waals surface area contributed by atoms with E-state index in [1.165, 1.54) is 11.1 Å². The summed E-state index contributed by atoms with van der Waals surface area (Å²) in [5.41, 5.74) is 2.49. The highest BCUT2D eigenvalue weighted by Crippen LogP contribution is 2.14. The Hall–Kier alpha value is -1.19. The Morgan fingerprint density at radius 2 is 1.45 bits per heavy atom. The summed E-state index contributed by atoms with van der Waals surface area (Å²) in [4.78, 5) is 16.1. The van der Waals surface area contributed by atoms with Gasteiger partial charge in [0.1, 0.15) is 5.78 Å². The van der Waals surface area contributed by atoms with Crippen LogP contribution in [-0.2, 0) is 17.8 Å². The number of ketones is 1. The molecule has 126 valence electrons. The molecule has 0 aliphatic carbocycles. The fourth-order valence-electron chi connectivity index (χ4n) is 2.40. The van der Waals surface area contributed by atoms with Crippen LogP contribution in [0.15, 0.2) is 24.3 Å². The standard InChI is InChI=1S/C15H22N2O.2C2H6/c1-13(18)11-14-5-3-4-6-15(14)12-17-9-7-16(2)8-10-17;2*1-2/h3-6H,7-12H2,1-2H3;2*1-2H3. The minimum absolute atomic E-state index is 0.237. The van der Waals surface area contributed by atoms with Gasteiger partial charge in [-0.05, 0) is 25.1 Å². The van der Waals surface area contributed by atoms with Crippen molar-refractivity contribution in [1.82, 2.24) is 9.80 Å². The minimum Gasteiger partial charge on any atom is -0.304 e. The molecule has 0 atom stereocenters. The van der Waals surface area contributed by atoms with Gasteiger partial charge in [-0.15, -0.1) is 0 Å². The average molecular weight is 306 g/mol. The van der Waals surface area contributed by atoms with Crippen LogP contribution >= 0.6 is 0 Å². The molecule has 22 heavy (non-hydrogen) atoms. The maximum atomic E-state index is 11.3. The highest BCUT2D eigenvalue weighted by Gasteiger charge is 2.15. The molecule has 1 aliphatic rings. The first-order chi connectivity index (χ1) is 10.6. The Balaban J connectivity index is 0.00000102. The van der Waals surface area contributed by atoms with E-state index in [4.69, 9.17) is 0 Å². The second kappa shape index (κ2) is 12.4. The van der Waals surface area contributed by atoms with E-state index in [1.54, 1.807) is 6.92 Å². The van der Waals surface area contributed by atoms with Crippen LogP contribution in [0.3, 0.4) is 0 Å². The predicted molar refractivity (Wildman–Crippen MR) is 96.3 cm³/mol. The lowest BCUT2D eigenvalue weighted by molar-refractivity contribution is -0.116. The number of piperazine rings is 1. The largest absolute Gasteiger partial charge is 0.304 e. The van der Waals surface area contributed by atoms with E-state index < -0.39 is 0 Å². The van der Waals surface area contributed by atoms with Crippen LogP contribution in [0.2, 0.25) is 0 Å². The molecule has 0 amide bonds. The molecule has 1 heterocycles. The molecular weight excluding hydrogens is 272 g/mol. The van der Waals surface area contributed by atoms with Gasteiger partial charge in [-0.3, -0.25) is 9.69 Å². The van der Waals surface area contributed by atoms with Crippen LogP contribution in [0, 0.1) is 0 Å². The molecule has 0 aromatic heterocycles. The van der Waals surface area contributed by atoms with Crippen LogP contribution in [0.5, 0.6) is 0 Å². The molecule has 1 fully saturated rings. The molecule has 1 aliphatic heterocycles. The summed E-state index contributed by atoms with van der Waals surface area (Å²) >= 11 is 0. The first-order valence-electron chi connectivity index (χ1n) is 8.62. The van der Waals surface area contributed by atoms with Gasteiger partial charge in [-0.2, -0.15) is 0 Å². The summed E-state index contributed by atoms with van der Waals surface area (Å²) in [6.45, 7) is 15.1. The monoisotopic (exact) mass is 306 g/mol. The van der Waals surface area contributed by atoms with Crippen molar-refractivity contribution in [2.45, 2.75) is 47.6 Å². The van der Waals surface area contributed by atoms with Crippen molar-refractivity contribution in [3.05, 3.63) is 35.4 Å². The Kier molecular flexibility index (Phi) is 11.7. The van der Waals surface area contributed by atoms with Crippen molar-refractivity contribution in [3.8, 4) is 0 Å². The molecule has 2 rings (SSSR count). The van der Waals surface area contributed by atoms with Crippen LogP contribution in [0.1, 0.15) is 45.7 Å². The van der Waals surface area contributed by atoms with Crippen LogP contribution < -0.4 is 0 Å². The lowest BCUT2D eigenvalue weighted by Crippen LogP contribution is -2.44. The van der Waals surface area contributed by atoms with Gasteiger partial charge in [-0.1, -0.05) is 52.0 Å². The second-order valence-corrected chi connectivity index (χ2v) is 5.23. The zero-order chi connectivity index (χ0) is 17.0. The highest BCUT2D eigenvalue weighted by molar-refractivity contribution is 5.78. The molecule has 1 aromatic carbocycles. The van der Waals surface area contributed by atoms with Crippen molar-refractivity contribution < 1.29 is 4.79 Å². The summed E-state index contributed by atoms with van der Waals surface area (Å²) in [5.74, 6) is 0.237. The number of carbonyl (C=O) groups excluding carboxylic acids is 1. The smallest absolute Gasteiger partial charge is 0.134 e. The fourth-order valence-corrected chi connectivity index (χ4v) is 2.40. The van der Waals surface area contributed by atoms with Gasteiger partial charge < -0.3 is 4.90 Å². The van der Waals surface area contributed by atoms with Gasteiger partial charge in [0.2, 0.25) is 0 Å². The first kappa shape index (κ1) is 20.8. The number of Topliss-reactive ketones (excluding diaryl/α,β-unsaturated/α-hetero) is 1. The van der Waals surface area contributed by atoms with Crippen molar-refractivity contribution >= 4 is 5.78 Å². The first-order valence-corrected chi connectivity index (χ1v) is 8.62. The number of carbonyl (C=O) groups is 1. The van der Waals surface area contributed by atoms with Crippen molar-refractivity contribution in [2.24, 2.45) is 0 Å². The third-order valence-electron chi connectivity index (χ3n) is 3.55. The van der Waals surface area contributed by atoms with Gasteiger partial charge in [0.05, 0.1) is 0 Å². The third-order valence-corrected chi connectivity index (χ3v) is 3.55. The highest BCUT2D eigenvalue weighted by atomic mass is 16.1. The van der Waals surface area contributed by atoms with Crippen molar-refractivity contribution in [3.63, 3.8) is 0 Å². The summed E-state index contributed by atoms with van der Waals surface area (Å²) < 4.78 is 0. The zero-order valence-electron chi connectivity index (χ0n) is 15.4. The number of benzene rings is 1. The summed E-state index contributed by atoms with van der Waals surface area (Å²) in [7, 11) is 2.17. The van der Waals surface area contributed by atoms with E-state index >= 15 is 0 Å². The number of nitrogens with zero attached hydrogens (tertiary/aromatic N) is 2. The summed E-state index contributed by atoms with van der Waals surface area (Å²) in [5, 5.41) is 0. The lowest BCUT2D eigenvalue weighted by Gasteiger charge is -2.32. The molecule has 0 saturated carbocycles. The molecule has 1 saturated heterocycles. The molecular formula is C19H34N2O. The normalized spacial score (nSPS) is 15.2. The molecule has 0 unspecified atom stereocenters. The zero-order valence-corrected chi connectivity index (χ0v) is 15.4. The lowest BCUT2D eigenvalue weighted by atomic mass is 10.0. The molecule has 0 N–H and O–H groups in total. The summed E-state index contributed by atoms with van der Waals surface area (Å²) in [6.07, 6.45) is 0.559. The number of rotatable bonds is 4. The molecule has 0 radical (unpaired) electrons. The predicted octanol–water partition coefficient (Wildman–Crippen LogP) is 3.62. The van der Waals surface area contributed by atoms with E-state index in [1.807, 2.05) is 33.8 Å². The SMILES string of the molecule is CC.CC.CC(=O)Cc1ccccc1CN1CCN(C)CC1. The van der Waals surface area contributed by atoms with E-state index in [0.29, 0.717) is 6.42 Å². The minimum atomic E-state index is 0.237. The van der Waals surface area contributed by atoms with E-state index in [2.05, 4.69) is 35.0 Å². The quantitative estimate of drug-likeness (QED) is 0.849. The number of hydrogen-bond donors (Lipinski definition) is 0. The van der Waals surface area contributed by atoms with Crippen LogP contribution in [0.25, 0.3) is 0 Å². The maximum absolute atomic E-state index is 11.3. The Labute approximate surface area is 137 Å². The number of hydrogen-bond acceptors (Lipinski definition) is 3. The van der Waals surface area contributed by atoms with E-state index in [-0.39, 0.29) is 5.78 Å². The van der Waals surface area contributed by atoms with E-state index in [9.17, 15) is 4.79 Å². The Morgan fingerprint density at radius 3 is 1.95 bits per heavy atom. The molecule has 1 aromatic rings. The third kappa shape index (κ3) is 7.71. The van der Waals surface area contributed by atoms with Gasteiger partial charge in [0, 0.05) is 39.1 Å². The van der Waals surface area contributed by atoms with Gasteiger partial charge >= 0.3 is 0 Å².